The molecular formula is C26H34O4. The molecule has 0 aliphatic rings. The topological polar surface area (TPSA) is 66.8 Å². The normalized spacial score (nSPS) is 11.2. The number of ether oxygens (including phenoxy) is 1. The van der Waals surface area contributed by atoms with Gasteiger partial charge in [0.1, 0.15) is 11.5 Å². The van der Waals surface area contributed by atoms with E-state index >= 15 is 0 Å². The van der Waals surface area contributed by atoms with Crippen molar-refractivity contribution in [2.24, 2.45) is 5.92 Å². The Hall–Kier alpha value is -3.01. The second-order valence-corrected chi connectivity index (χ2v) is 7.31. The number of esters is 1. The molecule has 4 nitrogen and oxygen atoms in total. The minimum Gasteiger partial charge on any atom is -0.508 e. The van der Waals surface area contributed by atoms with Crippen LogP contribution in [0.15, 0.2) is 61.2 Å². The number of aromatic hydroxyl groups is 2. The van der Waals surface area contributed by atoms with Crippen LogP contribution in [0.4, 0.5) is 0 Å². The molecule has 162 valence electrons. The molecule has 2 aromatic rings. The molecule has 0 aliphatic heterocycles. The molecule has 0 fully saturated rings. The van der Waals surface area contributed by atoms with Crippen molar-refractivity contribution in [3.63, 3.8) is 0 Å². The molecule has 0 spiro atoms. The molecule has 30 heavy (non-hydrogen) atoms. The van der Waals surface area contributed by atoms with Crippen LogP contribution in [0, 0.1) is 5.92 Å². The summed E-state index contributed by atoms with van der Waals surface area (Å²) >= 11 is 0. The first-order valence-corrected chi connectivity index (χ1v) is 10.4. The summed E-state index contributed by atoms with van der Waals surface area (Å²) in [6.45, 7) is 12.2. The number of allylic oxidation sites excluding steroid dienone is 2. The molecule has 4 heteroatoms. The fourth-order valence-corrected chi connectivity index (χ4v) is 2.96. The summed E-state index contributed by atoms with van der Waals surface area (Å²) in [5.74, 6) is 0.817. The highest BCUT2D eigenvalue weighted by molar-refractivity contribution is 5.90. The largest absolute Gasteiger partial charge is 0.508 e. The summed E-state index contributed by atoms with van der Waals surface area (Å²) in [5.41, 5.74) is 4.82. The van der Waals surface area contributed by atoms with E-state index < -0.39 is 0 Å². The Morgan fingerprint density at radius 2 is 1.30 bits per heavy atom. The van der Waals surface area contributed by atoms with Crippen LogP contribution < -0.4 is 0 Å². The maximum atomic E-state index is 10.5. The van der Waals surface area contributed by atoms with Gasteiger partial charge >= 0.3 is 5.97 Å². The van der Waals surface area contributed by atoms with Crippen molar-refractivity contribution in [3.05, 3.63) is 72.3 Å². The van der Waals surface area contributed by atoms with E-state index in [0.717, 1.165) is 30.4 Å². The number of benzene rings is 2. The van der Waals surface area contributed by atoms with Gasteiger partial charge in [0.05, 0.1) is 6.61 Å². The van der Waals surface area contributed by atoms with Crippen molar-refractivity contribution < 1.29 is 19.7 Å². The average molecular weight is 411 g/mol. The predicted molar refractivity (Wildman–Crippen MR) is 124 cm³/mol. The van der Waals surface area contributed by atoms with Gasteiger partial charge in [-0.25, -0.2) is 4.79 Å². The van der Waals surface area contributed by atoms with E-state index in [1.165, 1.54) is 17.2 Å². The summed E-state index contributed by atoms with van der Waals surface area (Å²) in [5, 5.41) is 18.8. The Bertz CT molecular complexity index is 760. The SMILES string of the molecule is C=CC(=O)OCCC(C)C.CC/C(=C(/CC)c1ccc(O)cc1)c1ccc(O)cc1. The van der Waals surface area contributed by atoms with Crippen LogP contribution in [-0.4, -0.2) is 22.8 Å². The average Bonchev–Trinajstić information content (AvgIpc) is 2.73. The van der Waals surface area contributed by atoms with Crippen LogP contribution >= 0.6 is 0 Å². The van der Waals surface area contributed by atoms with Crippen molar-refractivity contribution in [1.29, 1.82) is 0 Å². The highest BCUT2D eigenvalue weighted by Gasteiger charge is 2.09. The lowest BCUT2D eigenvalue weighted by Gasteiger charge is -2.14. The van der Waals surface area contributed by atoms with Gasteiger partial charge < -0.3 is 14.9 Å². The second-order valence-electron chi connectivity index (χ2n) is 7.31. The minimum absolute atomic E-state index is 0.284. The number of rotatable bonds is 8. The zero-order chi connectivity index (χ0) is 22.5. The molecule has 0 saturated heterocycles. The van der Waals surface area contributed by atoms with Crippen molar-refractivity contribution >= 4 is 17.1 Å². The summed E-state index contributed by atoms with van der Waals surface area (Å²) in [6.07, 6.45) is 3.95. The molecule has 2 aromatic carbocycles. The third kappa shape index (κ3) is 8.56. The summed E-state index contributed by atoms with van der Waals surface area (Å²) < 4.78 is 4.74. The van der Waals surface area contributed by atoms with Crippen LogP contribution in [0.25, 0.3) is 11.1 Å². The Kier molecular flexibility index (Phi) is 11.1. The standard InChI is InChI=1S/C18H20O2.C8H14O2/c1-3-17(13-5-9-15(19)10-6-13)18(4-2)14-7-11-16(20)12-8-14;1-4-8(9)10-6-5-7(2)3/h5-12,19-20H,3-4H2,1-2H3;4,7H,1,5-6H2,2-3H3/b18-17+;. The van der Waals surface area contributed by atoms with Crippen LogP contribution in [0.2, 0.25) is 0 Å². The molecule has 2 rings (SSSR count). The zero-order valence-electron chi connectivity index (χ0n) is 18.5. The highest BCUT2D eigenvalue weighted by atomic mass is 16.5. The highest BCUT2D eigenvalue weighted by Crippen LogP contribution is 2.32. The van der Waals surface area contributed by atoms with Gasteiger partial charge in [-0.05, 0) is 71.7 Å². The molecule has 0 radical (unpaired) electrons. The Labute approximate surface area is 180 Å². The van der Waals surface area contributed by atoms with E-state index in [4.69, 9.17) is 4.74 Å². The van der Waals surface area contributed by atoms with Crippen LogP contribution in [0.1, 0.15) is 58.1 Å². The fraction of sp³-hybridized carbons (Fsp3) is 0.346. The van der Waals surface area contributed by atoms with Crippen molar-refractivity contribution in [2.45, 2.75) is 47.0 Å². The van der Waals surface area contributed by atoms with E-state index in [-0.39, 0.29) is 17.5 Å². The summed E-state index contributed by atoms with van der Waals surface area (Å²) in [6, 6.07) is 14.7. The molecule has 2 N–H and O–H groups in total. The van der Waals surface area contributed by atoms with Crippen molar-refractivity contribution in [3.8, 4) is 11.5 Å². The first kappa shape index (κ1) is 25.0. The lowest BCUT2D eigenvalue weighted by atomic mass is 9.91. The van der Waals surface area contributed by atoms with Crippen LogP contribution in [0.5, 0.6) is 11.5 Å². The second kappa shape index (κ2) is 13.3. The Morgan fingerprint density at radius 3 is 1.60 bits per heavy atom. The lowest BCUT2D eigenvalue weighted by Crippen LogP contribution is -2.03. The van der Waals surface area contributed by atoms with Crippen molar-refractivity contribution in [1.82, 2.24) is 0 Å². The molecule has 0 heterocycles. The first-order chi connectivity index (χ1) is 14.3. The van der Waals surface area contributed by atoms with E-state index in [1.807, 2.05) is 24.3 Å². The number of carbonyl (C=O) groups excluding carboxylic acids is 1. The maximum Gasteiger partial charge on any atom is 0.330 e. The number of hydrogen-bond acceptors (Lipinski definition) is 4. The van der Waals surface area contributed by atoms with Crippen LogP contribution in [0.3, 0.4) is 0 Å². The Morgan fingerprint density at radius 1 is 0.900 bits per heavy atom. The molecule has 0 bridgehead atoms. The smallest absolute Gasteiger partial charge is 0.330 e. The van der Waals surface area contributed by atoms with Crippen LogP contribution in [-0.2, 0) is 9.53 Å². The summed E-state index contributed by atoms with van der Waals surface area (Å²) in [7, 11) is 0. The first-order valence-electron chi connectivity index (χ1n) is 10.4. The van der Waals surface area contributed by atoms with Gasteiger partial charge in [-0.1, -0.05) is 58.5 Å². The molecule has 0 unspecified atom stereocenters. The number of carbonyl (C=O) groups is 1. The number of phenols is 2. The molecule has 0 aliphatic carbocycles. The predicted octanol–water partition coefficient (Wildman–Crippen LogP) is 6.59. The Balaban J connectivity index is 0.000000382. The third-order valence-electron chi connectivity index (χ3n) is 4.61. The minimum atomic E-state index is -0.333. The van der Waals surface area contributed by atoms with Gasteiger partial charge in [0.25, 0.3) is 0 Å². The van der Waals surface area contributed by atoms with Crippen molar-refractivity contribution in [2.75, 3.05) is 6.61 Å². The molecule has 0 amide bonds. The van der Waals surface area contributed by atoms with E-state index in [9.17, 15) is 15.0 Å². The quantitative estimate of drug-likeness (QED) is 0.293. The molecular weight excluding hydrogens is 376 g/mol. The molecule has 0 atom stereocenters. The van der Waals surface area contributed by atoms with Gasteiger partial charge in [0.2, 0.25) is 0 Å². The summed E-state index contributed by atoms with van der Waals surface area (Å²) in [4.78, 5) is 10.5. The fourth-order valence-electron chi connectivity index (χ4n) is 2.96. The number of hydrogen-bond donors (Lipinski definition) is 2. The monoisotopic (exact) mass is 410 g/mol. The van der Waals surface area contributed by atoms with Gasteiger partial charge in [0.15, 0.2) is 0 Å². The van der Waals surface area contributed by atoms with Gasteiger partial charge in [-0.2, -0.15) is 0 Å². The van der Waals surface area contributed by atoms with E-state index in [1.54, 1.807) is 24.3 Å². The lowest BCUT2D eigenvalue weighted by molar-refractivity contribution is -0.138. The van der Waals surface area contributed by atoms with Gasteiger partial charge in [-0.3, -0.25) is 0 Å². The van der Waals surface area contributed by atoms with Gasteiger partial charge in [-0.15, -0.1) is 0 Å². The molecule has 0 saturated carbocycles. The van der Waals surface area contributed by atoms with Gasteiger partial charge in [0, 0.05) is 6.08 Å². The maximum absolute atomic E-state index is 10.5. The zero-order valence-corrected chi connectivity index (χ0v) is 18.5. The number of phenolic OH excluding ortho intramolecular Hbond substituents is 2. The van der Waals surface area contributed by atoms with E-state index in [2.05, 4.69) is 34.3 Å². The molecule has 0 aromatic heterocycles. The van der Waals surface area contributed by atoms with E-state index in [0.29, 0.717) is 12.5 Å². The third-order valence-corrected chi connectivity index (χ3v) is 4.61.